The van der Waals surface area contributed by atoms with Crippen molar-refractivity contribution < 1.29 is 18.8 Å². The lowest BCUT2D eigenvalue weighted by atomic mass is 10.1. The third-order valence-corrected chi connectivity index (χ3v) is 5.21. The molecule has 1 aliphatic heterocycles. The van der Waals surface area contributed by atoms with Crippen molar-refractivity contribution in [2.24, 2.45) is 11.7 Å². The molecular weight excluding hydrogens is 361 g/mol. The third-order valence-electron chi connectivity index (χ3n) is 5.21. The van der Waals surface area contributed by atoms with Crippen LogP contribution in [0.3, 0.4) is 0 Å². The molecule has 7 heteroatoms. The molecule has 6 nitrogen and oxygen atoms in total. The number of amides is 3. The number of benzene rings is 2. The zero-order valence-corrected chi connectivity index (χ0v) is 16.0. The lowest BCUT2D eigenvalue weighted by molar-refractivity contribution is -0.129. The lowest BCUT2D eigenvalue weighted by Gasteiger charge is -2.18. The number of nitrogens with zero attached hydrogens (tertiary/aromatic N) is 1. The van der Waals surface area contributed by atoms with Gasteiger partial charge < -0.3 is 16.0 Å². The van der Waals surface area contributed by atoms with Crippen LogP contribution in [0.25, 0.3) is 0 Å². The normalized spacial score (nSPS) is 16.4. The van der Waals surface area contributed by atoms with Crippen molar-refractivity contribution in [3.63, 3.8) is 0 Å². The van der Waals surface area contributed by atoms with E-state index in [1.54, 1.807) is 4.90 Å². The zero-order chi connectivity index (χ0) is 20.6. The number of anilines is 2. The van der Waals surface area contributed by atoms with Gasteiger partial charge in [0.05, 0.1) is 0 Å². The van der Waals surface area contributed by atoms with E-state index in [1.807, 2.05) is 32.0 Å². The second-order valence-corrected chi connectivity index (χ2v) is 7.08. The molecule has 0 saturated carbocycles. The fourth-order valence-electron chi connectivity index (χ4n) is 3.24. The summed E-state index contributed by atoms with van der Waals surface area (Å²) in [5, 5.41) is 2.58. The minimum Gasteiger partial charge on any atom is -0.366 e. The van der Waals surface area contributed by atoms with Gasteiger partial charge in [-0.25, -0.2) is 4.39 Å². The quantitative estimate of drug-likeness (QED) is 0.795. The van der Waals surface area contributed by atoms with Gasteiger partial charge in [0.2, 0.25) is 17.7 Å². The van der Waals surface area contributed by atoms with E-state index in [0.29, 0.717) is 13.0 Å². The molecule has 0 spiro atoms. The van der Waals surface area contributed by atoms with Crippen molar-refractivity contribution in [1.29, 1.82) is 0 Å². The maximum Gasteiger partial charge on any atom is 0.248 e. The predicted molar refractivity (Wildman–Crippen MR) is 105 cm³/mol. The second-order valence-electron chi connectivity index (χ2n) is 7.08. The van der Waals surface area contributed by atoms with Gasteiger partial charge in [0.15, 0.2) is 0 Å². The van der Waals surface area contributed by atoms with E-state index in [1.165, 1.54) is 13.0 Å². The van der Waals surface area contributed by atoms with Crippen LogP contribution in [0.2, 0.25) is 0 Å². The van der Waals surface area contributed by atoms with Crippen LogP contribution >= 0.6 is 0 Å². The largest absolute Gasteiger partial charge is 0.366 e. The molecule has 0 aromatic heterocycles. The standard InChI is InChI=1S/C21H22FN3O3/c1-11-4-5-15(8-12(11)2)25-7-6-16(21(25)28)20(27)24-18-10-14(19(23)26)9-17(22)13(18)3/h4-5,8-10,16H,6-7H2,1-3H3,(H2,23,26)(H,24,27). The van der Waals surface area contributed by atoms with Gasteiger partial charge in [0.25, 0.3) is 0 Å². The molecule has 3 amide bonds. The third kappa shape index (κ3) is 3.60. The Morgan fingerprint density at radius 2 is 1.86 bits per heavy atom. The van der Waals surface area contributed by atoms with Crippen LogP contribution in [0.15, 0.2) is 30.3 Å². The molecule has 146 valence electrons. The van der Waals surface area contributed by atoms with Gasteiger partial charge in [-0.1, -0.05) is 6.07 Å². The molecule has 3 N–H and O–H groups in total. The van der Waals surface area contributed by atoms with E-state index < -0.39 is 23.5 Å². The summed E-state index contributed by atoms with van der Waals surface area (Å²) in [6.45, 7) is 5.86. The second kappa shape index (κ2) is 7.42. The monoisotopic (exact) mass is 383 g/mol. The number of hydrogen-bond acceptors (Lipinski definition) is 3. The summed E-state index contributed by atoms with van der Waals surface area (Å²) < 4.78 is 14.0. The Morgan fingerprint density at radius 1 is 1.14 bits per heavy atom. The maximum absolute atomic E-state index is 14.0. The van der Waals surface area contributed by atoms with Crippen molar-refractivity contribution in [2.45, 2.75) is 27.2 Å². The van der Waals surface area contributed by atoms with Crippen LogP contribution in [-0.4, -0.2) is 24.3 Å². The predicted octanol–water partition coefficient (Wildman–Crippen LogP) is 2.84. The van der Waals surface area contributed by atoms with Crippen molar-refractivity contribution in [3.8, 4) is 0 Å². The minimum atomic E-state index is -0.874. The maximum atomic E-state index is 14.0. The average molecular weight is 383 g/mol. The first-order chi connectivity index (χ1) is 13.2. The molecule has 3 rings (SSSR count). The highest BCUT2D eigenvalue weighted by atomic mass is 19.1. The Balaban J connectivity index is 1.80. The number of nitrogens with one attached hydrogen (secondary N) is 1. The smallest absolute Gasteiger partial charge is 0.248 e. The number of primary amides is 1. The highest BCUT2D eigenvalue weighted by Crippen LogP contribution is 2.28. The molecule has 1 aliphatic rings. The van der Waals surface area contributed by atoms with Gasteiger partial charge in [-0.05, 0) is 62.6 Å². The summed E-state index contributed by atoms with van der Waals surface area (Å²) in [5.41, 5.74) is 8.40. The number of carbonyl (C=O) groups is 3. The highest BCUT2D eigenvalue weighted by molar-refractivity contribution is 6.13. The molecule has 2 aromatic rings. The Kier molecular flexibility index (Phi) is 5.18. The fraction of sp³-hybridized carbons (Fsp3) is 0.286. The van der Waals surface area contributed by atoms with Gasteiger partial charge in [0.1, 0.15) is 11.7 Å². The first-order valence-corrected chi connectivity index (χ1v) is 8.98. The van der Waals surface area contributed by atoms with E-state index in [4.69, 9.17) is 5.73 Å². The van der Waals surface area contributed by atoms with Crippen molar-refractivity contribution >= 4 is 29.1 Å². The Labute approximate surface area is 162 Å². The molecule has 2 aromatic carbocycles. The van der Waals surface area contributed by atoms with Crippen molar-refractivity contribution in [2.75, 3.05) is 16.8 Å². The van der Waals surface area contributed by atoms with Crippen LogP contribution in [0.1, 0.15) is 33.5 Å². The van der Waals surface area contributed by atoms with E-state index >= 15 is 0 Å². The number of carbonyl (C=O) groups excluding carboxylic acids is 3. The summed E-state index contributed by atoms with van der Waals surface area (Å²) in [6, 6.07) is 8.06. The summed E-state index contributed by atoms with van der Waals surface area (Å²) >= 11 is 0. The van der Waals surface area contributed by atoms with Gasteiger partial charge >= 0.3 is 0 Å². The SMILES string of the molecule is Cc1ccc(N2CCC(C(=O)Nc3cc(C(N)=O)cc(F)c3C)C2=O)cc1C. The van der Waals surface area contributed by atoms with E-state index in [9.17, 15) is 18.8 Å². The van der Waals surface area contributed by atoms with Crippen LogP contribution in [0, 0.1) is 32.5 Å². The molecule has 1 heterocycles. The molecule has 28 heavy (non-hydrogen) atoms. The molecule has 1 saturated heterocycles. The van der Waals surface area contributed by atoms with Gasteiger partial charge in [-0.2, -0.15) is 0 Å². The topological polar surface area (TPSA) is 92.5 Å². The average Bonchev–Trinajstić information content (AvgIpc) is 3.02. The molecule has 1 fully saturated rings. The molecule has 0 aliphatic carbocycles. The first kappa shape index (κ1) is 19.5. The Morgan fingerprint density at radius 3 is 2.50 bits per heavy atom. The summed E-state index contributed by atoms with van der Waals surface area (Å²) in [6.07, 6.45) is 0.356. The van der Waals surface area contributed by atoms with Crippen molar-refractivity contribution in [3.05, 3.63) is 58.4 Å². The molecular formula is C21H22FN3O3. The molecule has 0 bridgehead atoms. The van der Waals surface area contributed by atoms with Crippen LogP contribution in [-0.2, 0) is 9.59 Å². The number of nitrogens with two attached hydrogens (primary N) is 1. The zero-order valence-electron chi connectivity index (χ0n) is 16.0. The summed E-state index contributed by atoms with van der Waals surface area (Å²) in [4.78, 5) is 38.4. The van der Waals surface area contributed by atoms with Crippen LogP contribution in [0.4, 0.5) is 15.8 Å². The fourth-order valence-corrected chi connectivity index (χ4v) is 3.24. The van der Waals surface area contributed by atoms with E-state index in [-0.39, 0.29) is 22.7 Å². The number of hydrogen-bond donors (Lipinski definition) is 2. The van der Waals surface area contributed by atoms with Crippen LogP contribution < -0.4 is 16.0 Å². The highest BCUT2D eigenvalue weighted by Gasteiger charge is 2.38. The van der Waals surface area contributed by atoms with Gasteiger partial charge in [-0.15, -0.1) is 0 Å². The van der Waals surface area contributed by atoms with Crippen LogP contribution in [0.5, 0.6) is 0 Å². The number of halogens is 1. The number of rotatable bonds is 4. The molecule has 1 unspecified atom stereocenters. The van der Waals surface area contributed by atoms with E-state index in [0.717, 1.165) is 22.9 Å². The molecule has 1 atom stereocenters. The minimum absolute atomic E-state index is 0.0482. The lowest BCUT2D eigenvalue weighted by Crippen LogP contribution is -2.33. The van der Waals surface area contributed by atoms with Gasteiger partial charge in [-0.3, -0.25) is 14.4 Å². The van der Waals surface area contributed by atoms with E-state index in [2.05, 4.69) is 5.32 Å². The Hall–Kier alpha value is -3.22. The molecule has 0 radical (unpaired) electrons. The Bertz CT molecular complexity index is 987. The van der Waals surface area contributed by atoms with Gasteiger partial charge in [0, 0.05) is 29.0 Å². The summed E-state index contributed by atoms with van der Waals surface area (Å²) in [5.74, 6) is -3.15. The number of aryl methyl sites for hydroxylation is 2. The summed E-state index contributed by atoms with van der Waals surface area (Å²) in [7, 11) is 0. The van der Waals surface area contributed by atoms with Crippen molar-refractivity contribution in [1.82, 2.24) is 0 Å². The first-order valence-electron chi connectivity index (χ1n) is 8.98.